The van der Waals surface area contributed by atoms with Crippen LogP contribution in [0.1, 0.15) is 19.3 Å². The molecule has 2 heterocycles. The molecule has 3 rings (SSSR count). The van der Waals surface area contributed by atoms with E-state index in [0.29, 0.717) is 5.88 Å². The molecule has 0 saturated carbocycles. The minimum atomic E-state index is 0.339. The number of rotatable bonds is 2. The van der Waals surface area contributed by atoms with Gasteiger partial charge in [0.05, 0.1) is 5.69 Å². The van der Waals surface area contributed by atoms with Crippen LogP contribution in [0.4, 0.5) is 11.6 Å². The largest absolute Gasteiger partial charge is 0.371 e. The molecule has 1 aliphatic heterocycles. The lowest BCUT2D eigenvalue weighted by molar-refractivity contribution is 0.439. The van der Waals surface area contributed by atoms with Crippen molar-refractivity contribution in [3.05, 3.63) is 28.7 Å². The summed E-state index contributed by atoms with van der Waals surface area (Å²) in [5, 5.41) is 3.93. The van der Waals surface area contributed by atoms with E-state index >= 15 is 0 Å². The number of nitrogen functional groups attached to an aromatic ring is 1. The molecule has 2 N–H and O–H groups in total. The normalized spacial score (nSPS) is 15.7. The van der Waals surface area contributed by atoms with E-state index < -0.39 is 0 Å². The highest BCUT2D eigenvalue weighted by Gasteiger charge is 2.14. The quantitative estimate of drug-likeness (QED) is 0.916. The SMILES string of the molecule is Nc1cc(-c2ccc(N3CCCCC3)c(Br)c2)no1. The Bertz CT molecular complexity index is 576. The Hall–Kier alpha value is -1.49. The summed E-state index contributed by atoms with van der Waals surface area (Å²) in [5.41, 5.74) is 8.58. The third-order valence-corrected chi connectivity index (χ3v) is 4.10. The smallest absolute Gasteiger partial charge is 0.222 e. The van der Waals surface area contributed by atoms with Crippen molar-refractivity contribution in [2.24, 2.45) is 0 Å². The summed E-state index contributed by atoms with van der Waals surface area (Å²) in [6, 6.07) is 8.01. The highest BCUT2D eigenvalue weighted by atomic mass is 79.9. The van der Waals surface area contributed by atoms with Gasteiger partial charge in [-0.1, -0.05) is 11.2 Å². The fourth-order valence-corrected chi connectivity index (χ4v) is 3.11. The summed E-state index contributed by atoms with van der Waals surface area (Å²) in [7, 11) is 0. The Balaban J connectivity index is 1.89. The van der Waals surface area contributed by atoms with E-state index in [1.165, 1.54) is 24.9 Å². The number of aromatic nitrogens is 1. The lowest BCUT2D eigenvalue weighted by Crippen LogP contribution is -2.29. The Morgan fingerprint density at radius 3 is 2.58 bits per heavy atom. The van der Waals surface area contributed by atoms with E-state index in [2.05, 4.69) is 44.2 Å². The van der Waals surface area contributed by atoms with E-state index in [4.69, 9.17) is 10.3 Å². The zero-order chi connectivity index (χ0) is 13.2. The molecule has 1 aromatic heterocycles. The number of hydrogen-bond acceptors (Lipinski definition) is 4. The Morgan fingerprint density at radius 1 is 1.16 bits per heavy atom. The molecule has 4 nitrogen and oxygen atoms in total. The van der Waals surface area contributed by atoms with Crippen LogP contribution in [0.2, 0.25) is 0 Å². The molecule has 5 heteroatoms. The van der Waals surface area contributed by atoms with Crippen LogP contribution in [-0.4, -0.2) is 18.2 Å². The number of piperidine rings is 1. The van der Waals surface area contributed by atoms with Crippen molar-refractivity contribution in [1.29, 1.82) is 0 Å². The average Bonchev–Trinajstić information content (AvgIpc) is 2.86. The molecular formula is C14H16BrN3O. The summed E-state index contributed by atoms with van der Waals surface area (Å²) < 4.78 is 6.00. The lowest BCUT2D eigenvalue weighted by Gasteiger charge is -2.29. The van der Waals surface area contributed by atoms with Crippen LogP contribution in [0, 0.1) is 0 Å². The maximum atomic E-state index is 5.55. The molecule has 19 heavy (non-hydrogen) atoms. The minimum Gasteiger partial charge on any atom is -0.371 e. The first-order valence-corrected chi connectivity index (χ1v) is 7.30. The van der Waals surface area contributed by atoms with Gasteiger partial charge in [-0.25, -0.2) is 0 Å². The molecule has 0 radical (unpaired) electrons. The van der Waals surface area contributed by atoms with Crippen molar-refractivity contribution in [2.75, 3.05) is 23.7 Å². The number of halogens is 1. The van der Waals surface area contributed by atoms with Crippen LogP contribution in [0.15, 0.2) is 33.3 Å². The second-order valence-electron chi connectivity index (χ2n) is 4.83. The van der Waals surface area contributed by atoms with Gasteiger partial charge < -0.3 is 15.2 Å². The molecule has 0 bridgehead atoms. The van der Waals surface area contributed by atoms with Gasteiger partial charge in [-0.2, -0.15) is 0 Å². The summed E-state index contributed by atoms with van der Waals surface area (Å²) in [6.45, 7) is 2.27. The highest BCUT2D eigenvalue weighted by molar-refractivity contribution is 9.10. The molecule has 1 fully saturated rings. The van der Waals surface area contributed by atoms with Crippen molar-refractivity contribution in [1.82, 2.24) is 5.16 Å². The fraction of sp³-hybridized carbons (Fsp3) is 0.357. The maximum Gasteiger partial charge on any atom is 0.222 e. The van der Waals surface area contributed by atoms with Crippen LogP contribution in [-0.2, 0) is 0 Å². The van der Waals surface area contributed by atoms with E-state index in [0.717, 1.165) is 28.8 Å². The average molecular weight is 322 g/mol. The zero-order valence-electron chi connectivity index (χ0n) is 10.6. The molecule has 0 aliphatic carbocycles. The molecule has 0 spiro atoms. The third kappa shape index (κ3) is 2.61. The number of nitrogens with two attached hydrogens (primary N) is 1. The van der Waals surface area contributed by atoms with Crippen LogP contribution < -0.4 is 10.6 Å². The molecule has 1 aliphatic rings. The van der Waals surface area contributed by atoms with Crippen LogP contribution in [0.25, 0.3) is 11.3 Å². The van der Waals surface area contributed by atoms with Gasteiger partial charge in [0.15, 0.2) is 0 Å². The van der Waals surface area contributed by atoms with Gasteiger partial charge in [-0.15, -0.1) is 0 Å². The molecule has 1 saturated heterocycles. The maximum absolute atomic E-state index is 5.55. The number of nitrogens with zero attached hydrogens (tertiary/aromatic N) is 2. The van der Waals surface area contributed by atoms with Crippen LogP contribution >= 0.6 is 15.9 Å². The Kier molecular flexibility index (Phi) is 3.46. The van der Waals surface area contributed by atoms with Gasteiger partial charge in [-0.05, 0) is 47.3 Å². The van der Waals surface area contributed by atoms with Gasteiger partial charge in [0, 0.05) is 29.2 Å². The predicted octanol–water partition coefficient (Wildman–Crippen LogP) is 3.68. The molecule has 100 valence electrons. The van der Waals surface area contributed by atoms with E-state index in [1.54, 1.807) is 6.07 Å². The summed E-state index contributed by atoms with van der Waals surface area (Å²) in [5.74, 6) is 0.339. The molecule has 1 aromatic carbocycles. The standard InChI is InChI=1S/C14H16BrN3O/c15-11-8-10(12-9-14(16)19-17-12)4-5-13(11)18-6-2-1-3-7-18/h4-5,8-9H,1-3,6-7,16H2. The van der Waals surface area contributed by atoms with Crippen molar-refractivity contribution in [3.63, 3.8) is 0 Å². The van der Waals surface area contributed by atoms with Gasteiger partial charge >= 0.3 is 0 Å². The molecule has 0 unspecified atom stereocenters. The molecule has 0 amide bonds. The highest BCUT2D eigenvalue weighted by Crippen LogP contribution is 2.32. The second-order valence-corrected chi connectivity index (χ2v) is 5.68. The van der Waals surface area contributed by atoms with Crippen molar-refractivity contribution in [2.45, 2.75) is 19.3 Å². The predicted molar refractivity (Wildman–Crippen MR) is 80.1 cm³/mol. The van der Waals surface area contributed by atoms with E-state index in [9.17, 15) is 0 Å². The Labute approximate surface area is 120 Å². The van der Waals surface area contributed by atoms with E-state index in [1.807, 2.05) is 0 Å². The number of hydrogen-bond donors (Lipinski definition) is 1. The van der Waals surface area contributed by atoms with Gasteiger partial charge in [0.25, 0.3) is 0 Å². The van der Waals surface area contributed by atoms with Crippen LogP contribution in [0.3, 0.4) is 0 Å². The van der Waals surface area contributed by atoms with Crippen molar-refractivity contribution in [3.8, 4) is 11.3 Å². The first kappa shape index (κ1) is 12.5. The summed E-state index contributed by atoms with van der Waals surface area (Å²) in [4.78, 5) is 2.43. The number of benzene rings is 1. The number of anilines is 2. The summed E-state index contributed by atoms with van der Waals surface area (Å²) in [6.07, 6.45) is 3.88. The first-order chi connectivity index (χ1) is 9.24. The van der Waals surface area contributed by atoms with Gasteiger partial charge in [0.1, 0.15) is 5.69 Å². The fourth-order valence-electron chi connectivity index (χ4n) is 2.48. The van der Waals surface area contributed by atoms with Crippen LogP contribution in [0.5, 0.6) is 0 Å². The molecule has 2 aromatic rings. The van der Waals surface area contributed by atoms with Crippen molar-refractivity contribution < 1.29 is 4.52 Å². The zero-order valence-corrected chi connectivity index (χ0v) is 12.2. The van der Waals surface area contributed by atoms with Gasteiger partial charge in [-0.3, -0.25) is 0 Å². The lowest BCUT2D eigenvalue weighted by atomic mass is 10.1. The third-order valence-electron chi connectivity index (χ3n) is 3.47. The molecule has 0 atom stereocenters. The summed E-state index contributed by atoms with van der Waals surface area (Å²) >= 11 is 3.66. The topological polar surface area (TPSA) is 55.3 Å². The Morgan fingerprint density at radius 2 is 1.95 bits per heavy atom. The van der Waals surface area contributed by atoms with Crippen molar-refractivity contribution >= 4 is 27.5 Å². The molecular weight excluding hydrogens is 306 g/mol. The minimum absolute atomic E-state index is 0.339. The first-order valence-electron chi connectivity index (χ1n) is 6.51. The second kappa shape index (κ2) is 5.25. The monoisotopic (exact) mass is 321 g/mol. The van der Waals surface area contributed by atoms with Gasteiger partial charge in [0.2, 0.25) is 5.88 Å². The van der Waals surface area contributed by atoms with E-state index in [-0.39, 0.29) is 0 Å².